The molecule has 1 saturated heterocycles. The Hall–Kier alpha value is -1.98. The Bertz CT molecular complexity index is 1130. The lowest BCUT2D eigenvalue weighted by atomic mass is 10.3. The van der Waals surface area contributed by atoms with Crippen molar-refractivity contribution in [2.75, 3.05) is 30.7 Å². The van der Waals surface area contributed by atoms with Gasteiger partial charge in [-0.1, -0.05) is 33.7 Å². The van der Waals surface area contributed by atoms with E-state index in [4.69, 9.17) is 24.3 Å². The second kappa shape index (κ2) is 11.0. The van der Waals surface area contributed by atoms with E-state index >= 15 is 0 Å². The summed E-state index contributed by atoms with van der Waals surface area (Å²) in [4.78, 5) is 12.5. The minimum Gasteiger partial charge on any atom is -0.493 e. The summed E-state index contributed by atoms with van der Waals surface area (Å²) in [5.41, 5.74) is 7.00. The molecule has 1 aliphatic heterocycles. The quantitative estimate of drug-likeness (QED) is 0.311. The van der Waals surface area contributed by atoms with Gasteiger partial charge in [0.2, 0.25) is 0 Å². The van der Waals surface area contributed by atoms with Crippen molar-refractivity contribution in [1.82, 2.24) is 19.5 Å². The van der Waals surface area contributed by atoms with Crippen LogP contribution in [0.25, 0.3) is 11.2 Å². The molecule has 13 heteroatoms. The number of aromatic nitrogens is 4. The predicted molar refractivity (Wildman–Crippen MR) is 131 cm³/mol. The molecule has 1 aliphatic rings. The number of para-hydroxylation sites is 2. The summed E-state index contributed by atoms with van der Waals surface area (Å²) in [6, 6.07) is 7.05. The molecule has 0 bridgehead atoms. The minimum atomic E-state index is -3.64. The van der Waals surface area contributed by atoms with Gasteiger partial charge in [-0.25, -0.2) is 19.5 Å². The van der Waals surface area contributed by atoms with Gasteiger partial charge in [-0.15, -0.1) is 0 Å². The molecule has 0 aliphatic carbocycles. The third-order valence-corrected chi connectivity index (χ3v) is 8.92. The van der Waals surface area contributed by atoms with Crippen LogP contribution in [0.3, 0.4) is 0 Å². The van der Waals surface area contributed by atoms with Gasteiger partial charge in [-0.3, -0.25) is 4.52 Å². The van der Waals surface area contributed by atoms with E-state index in [1.165, 1.54) is 13.4 Å². The molecule has 1 fully saturated rings. The molecule has 3 aromatic rings. The molecule has 33 heavy (non-hydrogen) atoms. The predicted octanol–water partition coefficient (Wildman–Crippen LogP) is 4.22. The lowest BCUT2D eigenvalue weighted by molar-refractivity contribution is 0.0676. The van der Waals surface area contributed by atoms with Crippen LogP contribution in [0.15, 0.2) is 36.9 Å². The number of fused-ring (bicyclic) bond motifs is 1. The van der Waals surface area contributed by atoms with Gasteiger partial charge in [-0.2, -0.15) is 0 Å². The number of nitrogens with zero attached hydrogens (tertiary/aromatic N) is 4. The van der Waals surface area contributed by atoms with Crippen LogP contribution in [-0.2, 0) is 20.4 Å². The maximum Gasteiger partial charge on any atom is 0.405 e. The van der Waals surface area contributed by atoms with Crippen LogP contribution >= 0.6 is 29.2 Å². The Labute approximate surface area is 199 Å². The van der Waals surface area contributed by atoms with Crippen LogP contribution in [0.5, 0.6) is 11.5 Å². The highest BCUT2D eigenvalue weighted by molar-refractivity contribution is 8.76. The number of anilines is 1. The third-order valence-electron chi connectivity index (χ3n) is 4.88. The molecule has 10 nitrogen and oxygen atoms in total. The molecule has 4 rings (SSSR count). The SMILES string of the molecule is COc1ccccc1OP(=O)(COC(C)Cn1cnc2c(N)ncnc21)OC1CCSSC1. The molecule has 3 heterocycles. The van der Waals surface area contributed by atoms with E-state index in [0.29, 0.717) is 35.0 Å². The van der Waals surface area contributed by atoms with Crippen molar-refractivity contribution in [2.45, 2.75) is 32.1 Å². The number of nitrogen functional groups attached to an aromatic ring is 1. The summed E-state index contributed by atoms with van der Waals surface area (Å²) in [7, 11) is 1.38. The first-order valence-electron chi connectivity index (χ1n) is 10.3. The third kappa shape index (κ3) is 6.13. The Morgan fingerprint density at radius 2 is 2.06 bits per heavy atom. The van der Waals surface area contributed by atoms with Gasteiger partial charge in [0.15, 0.2) is 29.3 Å². The Balaban J connectivity index is 1.46. The van der Waals surface area contributed by atoms with Crippen molar-refractivity contribution in [1.29, 1.82) is 0 Å². The summed E-state index contributed by atoms with van der Waals surface area (Å²) in [6.07, 6.45) is 3.12. The normalized spacial score (nSPS) is 19.2. The standard InChI is InChI=1S/C20H26N5O5PS2/c1-14(9-25-12-24-18-19(21)22-11-23-20(18)25)28-13-31(26,29-15-7-8-32-33-10-15)30-17-6-4-3-5-16(17)27-2/h3-6,11-12,14-15H,7-10,13H2,1-2H3,(H2,21,22,23). The molecule has 0 radical (unpaired) electrons. The van der Waals surface area contributed by atoms with E-state index in [1.54, 1.807) is 46.1 Å². The molecule has 2 N–H and O–H groups in total. The largest absolute Gasteiger partial charge is 0.493 e. The van der Waals surface area contributed by atoms with Crippen LogP contribution in [0, 0.1) is 0 Å². The van der Waals surface area contributed by atoms with E-state index in [0.717, 1.165) is 17.9 Å². The number of ether oxygens (including phenoxy) is 2. The first kappa shape index (κ1) is 24.2. The second-order valence-corrected chi connectivity index (χ2v) is 11.9. The molecular formula is C20H26N5O5PS2. The molecular weight excluding hydrogens is 485 g/mol. The zero-order valence-electron chi connectivity index (χ0n) is 18.3. The number of hydrogen-bond acceptors (Lipinski definition) is 11. The van der Waals surface area contributed by atoms with Crippen molar-refractivity contribution in [3.8, 4) is 11.5 Å². The van der Waals surface area contributed by atoms with Gasteiger partial charge < -0.3 is 24.3 Å². The Morgan fingerprint density at radius 1 is 1.24 bits per heavy atom. The lowest BCUT2D eigenvalue weighted by Gasteiger charge is -2.28. The number of benzene rings is 1. The highest BCUT2D eigenvalue weighted by Gasteiger charge is 2.34. The van der Waals surface area contributed by atoms with Crippen LogP contribution < -0.4 is 15.0 Å². The maximum atomic E-state index is 13.8. The summed E-state index contributed by atoms with van der Waals surface area (Å²) < 4.78 is 38.8. The van der Waals surface area contributed by atoms with E-state index < -0.39 is 7.60 Å². The van der Waals surface area contributed by atoms with Crippen LogP contribution in [-0.4, -0.2) is 56.7 Å². The average molecular weight is 512 g/mol. The van der Waals surface area contributed by atoms with E-state index in [2.05, 4.69) is 15.0 Å². The zero-order valence-corrected chi connectivity index (χ0v) is 20.9. The van der Waals surface area contributed by atoms with Crippen LogP contribution in [0.1, 0.15) is 13.3 Å². The van der Waals surface area contributed by atoms with Crippen molar-refractivity contribution in [3.63, 3.8) is 0 Å². The Kier molecular flexibility index (Phi) is 8.02. The number of rotatable bonds is 10. The van der Waals surface area contributed by atoms with Crippen molar-refractivity contribution in [2.24, 2.45) is 0 Å². The number of imidazole rings is 1. The topological polar surface area (TPSA) is 124 Å². The fourth-order valence-corrected chi connectivity index (χ4v) is 7.38. The molecule has 0 spiro atoms. The van der Waals surface area contributed by atoms with Gasteiger partial charge in [0.05, 0.1) is 32.2 Å². The summed E-state index contributed by atoms with van der Waals surface area (Å²) in [5, 5.41) is 0. The second-order valence-electron chi connectivity index (χ2n) is 7.41. The van der Waals surface area contributed by atoms with Gasteiger partial charge in [0, 0.05) is 11.5 Å². The summed E-state index contributed by atoms with van der Waals surface area (Å²) >= 11 is 0. The maximum absolute atomic E-state index is 13.8. The summed E-state index contributed by atoms with van der Waals surface area (Å²) in [5.74, 6) is 2.82. The van der Waals surface area contributed by atoms with Gasteiger partial charge in [0.25, 0.3) is 0 Å². The zero-order chi connectivity index (χ0) is 23.3. The lowest BCUT2D eigenvalue weighted by Crippen LogP contribution is -2.23. The number of nitrogens with two attached hydrogens (primary N) is 1. The van der Waals surface area contributed by atoms with Crippen LogP contribution in [0.2, 0.25) is 0 Å². The number of hydrogen-bond donors (Lipinski definition) is 1. The first-order chi connectivity index (χ1) is 16.0. The monoisotopic (exact) mass is 511 g/mol. The fourth-order valence-electron chi connectivity index (χ4n) is 3.26. The smallest absolute Gasteiger partial charge is 0.405 e. The first-order valence-corrected chi connectivity index (χ1v) is 14.6. The van der Waals surface area contributed by atoms with Gasteiger partial charge >= 0.3 is 7.60 Å². The molecule has 3 unspecified atom stereocenters. The van der Waals surface area contributed by atoms with Crippen molar-refractivity contribution in [3.05, 3.63) is 36.9 Å². The van der Waals surface area contributed by atoms with Crippen LogP contribution in [0.4, 0.5) is 5.82 Å². The fraction of sp³-hybridized carbons (Fsp3) is 0.450. The van der Waals surface area contributed by atoms with Crippen molar-refractivity contribution >= 4 is 46.2 Å². The van der Waals surface area contributed by atoms with E-state index in [1.807, 2.05) is 17.6 Å². The highest BCUT2D eigenvalue weighted by Crippen LogP contribution is 2.53. The van der Waals surface area contributed by atoms with E-state index in [9.17, 15) is 4.57 Å². The van der Waals surface area contributed by atoms with Crippen molar-refractivity contribution < 1.29 is 23.1 Å². The molecule has 1 aromatic carbocycles. The molecule has 0 amide bonds. The summed E-state index contributed by atoms with van der Waals surface area (Å²) in [6.45, 7) is 2.30. The average Bonchev–Trinajstić information content (AvgIpc) is 3.23. The molecule has 2 aromatic heterocycles. The molecule has 0 saturated carbocycles. The number of methoxy groups -OCH3 is 1. The molecule has 178 valence electrons. The van der Waals surface area contributed by atoms with E-state index in [-0.39, 0.29) is 18.6 Å². The van der Waals surface area contributed by atoms with Gasteiger partial charge in [0.1, 0.15) is 11.8 Å². The highest BCUT2D eigenvalue weighted by atomic mass is 33.1. The van der Waals surface area contributed by atoms with Gasteiger partial charge in [-0.05, 0) is 25.5 Å². The minimum absolute atomic E-state index is 0.173. The molecule has 3 atom stereocenters. The Morgan fingerprint density at radius 3 is 2.82 bits per heavy atom.